The van der Waals surface area contributed by atoms with Crippen molar-refractivity contribution in [3.05, 3.63) is 29.0 Å². The Morgan fingerprint density at radius 2 is 2.22 bits per heavy atom. The van der Waals surface area contributed by atoms with Gasteiger partial charge in [-0.05, 0) is 19.4 Å². The lowest BCUT2D eigenvalue weighted by atomic mass is 10.3. The number of anilines is 2. The summed E-state index contributed by atoms with van der Waals surface area (Å²) in [6, 6.07) is 3.83. The first kappa shape index (κ1) is 15.4. The summed E-state index contributed by atoms with van der Waals surface area (Å²) >= 11 is 1.66. The van der Waals surface area contributed by atoms with Crippen LogP contribution in [0.4, 0.5) is 11.6 Å². The molecule has 0 saturated carbocycles. The third-order valence-electron chi connectivity index (χ3n) is 3.30. The quantitative estimate of drug-likeness (QED) is 0.750. The average Bonchev–Trinajstić information content (AvgIpc) is 3.10. The summed E-state index contributed by atoms with van der Waals surface area (Å²) in [5.41, 5.74) is 0. The third-order valence-corrected chi connectivity index (χ3v) is 4.47. The minimum Gasteiger partial charge on any atom is -0.360 e. The molecule has 0 aromatic carbocycles. The first-order valence-corrected chi connectivity index (χ1v) is 8.17. The molecule has 0 bridgehead atoms. The van der Waals surface area contributed by atoms with Crippen LogP contribution in [-0.4, -0.2) is 32.2 Å². The van der Waals surface area contributed by atoms with Gasteiger partial charge in [0.25, 0.3) is 0 Å². The van der Waals surface area contributed by atoms with Crippen LogP contribution in [0.2, 0.25) is 0 Å². The van der Waals surface area contributed by atoms with Crippen molar-refractivity contribution in [2.24, 2.45) is 7.05 Å². The van der Waals surface area contributed by atoms with E-state index in [9.17, 15) is 4.79 Å². The SMILES string of the molecule is CCc1cc2c(NCC(=O)Nc3ccn(C)n3)nc(C)nc2s1. The minimum atomic E-state index is -0.168. The molecule has 2 N–H and O–H groups in total. The molecule has 0 radical (unpaired) electrons. The summed E-state index contributed by atoms with van der Waals surface area (Å²) in [4.78, 5) is 23.1. The van der Waals surface area contributed by atoms with Crippen LogP contribution in [0.5, 0.6) is 0 Å². The monoisotopic (exact) mass is 330 g/mol. The van der Waals surface area contributed by atoms with E-state index in [-0.39, 0.29) is 12.5 Å². The normalized spacial score (nSPS) is 10.9. The molecule has 1 amide bonds. The van der Waals surface area contributed by atoms with Crippen LogP contribution >= 0.6 is 11.3 Å². The van der Waals surface area contributed by atoms with Gasteiger partial charge in [-0.1, -0.05) is 6.92 Å². The van der Waals surface area contributed by atoms with Crippen molar-refractivity contribution in [3.8, 4) is 0 Å². The molecule has 120 valence electrons. The van der Waals surface area contributed by atoms with Gasteiger partial charge in [-0.15, -0.1) is 11.3 Å². The van der Waals surface area contributed by atoms with Gasteiger partial charge in [-0.3, -0.25) is 9.48 Å². The summed E-state index contributed by atoms with van der Waals surface area (Å²) in [5, 5.41) is 10.9. The second kappa shape index (κ2) is 6.33. The number of hydrogen-bond acceptors (Lipinski definition) is 6. The zero-order valence-corrected chi connectivity index (χ0v) is 14.1. The van der Waals surface area contributed by atoms with Crippen molar-refractivity contribution in [2.75, 3.05) is 17.2 Å². The Bertz CT molecular complexity index is 853. The molecule has 23 heavy (non-hydrogen) atoms. The fourth-order valence-corrected chi connectivity index (χ4v) is 3.23. The van der Waals surface area contributed by atoms with E-state index in [0.717, 1.165) is 16.6 Å². The minimum absolute atomic E-state index is 0.124. The van der Waals surface area contributed by atoms with Crippen LogP contribution in [0.25, 0.3) is 10.2 Å². The lowest BCUT2D eigenvalue weighted by Crippen LogP contribution is -2.22. The van der Waals surface area contributed by atoms with Gasteiger partial charge in [0.2, 0.25) is 5.91 Å². The van der Waals surface area contributed by atoms with E-state index < -0.39 is 0 Å². The van der Waals surface area contributed by atoms with Crippen molar-refractivity contribution in [3.63, 3.8) is 0 Å². The Labute approximate surface area is 137 Å². The molecule has 3 aromatic heterocycles. The van der Waals surface area contributed by atoms with Crippen molar-refractivity contribution in [1.29, 1.82) is 0 Å². The number of nitrogens with zero attached hydrogens (tertiary/aromatic N) is 4. The lowest BCUT2D eigenvalue weighted by Gasteiger charge is -2.07. The molecule has 0 spiro atoms. The van der Waals surface area contributed by atoms with Crippen LogP contribution in [0.1, 0.15) is 17.6 Å². The highest BCUT2D eigenvalue weighted by atomic mass is 32.1. The Morgan fingerprint density at radius 3 is 2.91 bits per heavy atom. The summed E-state index contributed by atoms with van der Waals surface area (Å²) in [6.45, 7) is 4.09. The van der Waals surface area contributed by atoms with Gasteiger partial charge in [0.15, 0.2) is 5.82 Å². The van der Waals surface area contributed by atoms with Gasteiger partial charge in [0.1, 0.15) is 16.5 Å². The van der Waals surface area contributed by atoms with E-state index in [1.54, 1.807) is 35.3 Å². The second-order valence-electron chi connectivity index (χ2n) is 5.18. The summed E-state index contributed by atoms with van der Waals surface area (Å²) in [5.74, 6) is 1.75. The maximum absolute atomic E-state index is 12.0. The highest BCUT2D eigenvalue weighted by molar-refractivity contribution is 7.18. The van der Waals surface area contributed by atoms with Gasteiger partial charge in [-0.2, -0.15) is 5.10 Å². The molecule has 0 fully saturated rings. The molecule has 7 nitrogen and oxygen atoms in total. The summed E-state index contributed by atoms with van der Waals surface area (Å²) < 4.78 is 1.64. The number of carbonyl (C=O) groups is 1. The molecular weight excluding hydrogens is 312 g/mol. The molecular formula is C15H18N6OS. The number of hydrogen-bond donors (Lipinski definition) is 2. The number of amides is 1. The second-order valence-corrected chi connectivity index (χ2v) is 6.30. The molecule has 0 saturated heterocycles. The number of rotatable bonds is 5. The van der Waals surface area contributed by atoms with Crippen LogP contribution in [-0.2, 0) is 18.3 Å². The van der Waals surface area contributed by atoms with E-state index in [1.807, 2.05) is 6.92 Å². The van der Waals surface area contributed by atoms with Crippen LogP contribution in [0.3, 0.4) is 0 Å². The van der Waals surface area contributed by atoms with E-state index in [2.05, 4.69) is 38.7 Å². The van der Waals surface area contributed by atoms with Crippen molar-refractivity contribution >= 4 is 39.1 Å². The van der Waals surface area contributed by atoms with Crippen molar-refractivity contribution < 1.29 is 4.79 Å². The fourth-order valence-electron chi connectivity index (χ4n) is 2.22. The predicted molar refractivity (Wildman–Crippen MR) is 91.9 cm³/mol. The molecule has 3 heterocycles. The standard InChI is InChI=1S/C15H18N6OS/c1-4-10-7-11-14(17-9(2)18-15(11)23-10)16-8-13(22)19-12-5-6-21(3)20-12/h5-7H,4,8H2,1-3H3,(H,16,17,18)(H,19,20,22). The molecule has 3 aromatic rings. The average molecular weight is 330 g/mol. The number of carbonyl (C=O) groups excluding carboxylic acids is 1. The molecule has 0 aliphatic carbocycles. The molecule has 0 aliphatic rings. The van der Waals surface area contributed by atoms with Crippen molar-refractivity contribution in [1.82, 2.24) is 19.7 Å². The maximum atomic E-state index is 12.0. The first-order valence-electron chi connectivity index (χ1n) is 7.35. The molecule has 3 rings (SSSR count). The van der Waals surface area contributed by atoms with Crippen LogP contribution in [0, 0.1) is 6.92 Å². The molecule has 0 atom stereocenters. The van der Waals surface area contributed by atoms with Gasteiger partial charge in [-0.25, -0.2) is 9.97 Å². The Hall–Kier alpha value is -2.48. The first-order chi connectivity index (χ1) is 11.0. The Kier molecular flexibility index (Phi) is 4.24. The van der Waals surface area contributed by atoms with Gasteiger partial charge in [0, 0.05) is 24.2 Å². The zero-order chi connectivity index (χ0) is 16.4. The maximum Gasteiger partial charge on any atom is 0.244 e. The largest absolute Gasteiger partial charge is 0.360 e. The van der Waals surface area contributed by atoms with E-state index in [4.69, 9.17) is 0 Å². The number of aromatic nitrogens is 4. The van der Waals surface area contributed by atoms with E-state index in [0.29, 0.717) is 17.5 Å². The number of thiophene rings is 1. The summed E-state index contributed by atoms with van der Waals surface area (Å²) in [7, 11) is 1.80. The van der Waals surface area contributed by atoms with E-state index in [1.165, 1.54) is 4.88 Å². The Balaban J connectivity index is 1.73. The molecule has 8 heteroatoms. The van der Waals surface area contributed by atoms with Gasteiger partial charge >= 0.3 is 0 Å². The zero-order valence-electron chi connectivity index (χ0n) is 13.3. The van der Waals surface area contributed by atoms with Crippen molar-refractivity contribution in [2.45, 2.75) is 20.3 Å². The fraction of sp³-hybridized carbons (Fsp3) is 0.333. The number of fused-ring (bicyclic) bond motifs is 1. The molecule has 0 aliphatic heterocycles. The van der Waals surface area contributed by atoms with E-state index >= 15 is 0 Å². The predicted octanol–water partition coefficient (Wildman–Crippen LogP) is 2.35. The topological polar surface area (TPSA) is 84.7 Å². The smallest absolute Gasteiger partial charge is 0.244 e. The summed E-state index contributed by atoms with van der Waals surface area (Å²) in [6.07, 6.45) is 2.73. The highest BCUT2D eigenvalue weighted by Crippen LogP contribution is 2.29. The highest BCUT2D eigenvalue weighted by Gasteiger charge is 2.11. The third kappa shape index (κ3) is 3.48. The van der Waals surface area contributed by atoms with Gasteiger partial charge in [0.05, 0.1) is 11.9 Å². The van der Waals surface area contributed by atoms with Crippen LogP contribution in [0.15, 0.2) is 18.3 Å². The van der Waals surface area contributed by atoms with Gasteiger partial charge < -0.3 is 10.6 Å². The Morgan fingerprint density at radius 1 is 1.39 bits per heavy atom. The molecule has 0 unspecified atom stereocenters. The van der Waals surface area contributed by atoms with Crippen LogP contribution < -0.4 is 10.6 Å². The lowest BCUT2D eigenvalue weighted by molar-refractivity contribution is -0.114. The number of aryl methyl sites for hydroxylation is 3. The number of nitrogens with one attached hydrogen (secondary N) is 2.